The van der Waals surface area contributed by atoms with Crippen LogP contribution in [0.3, 0.4) is 0 Å². The third-order valence-corrected chi connectivity index (χ3v) is 5.13. The fraction of sp³-hybridized carbons (Fsp3) is 0.812. The van der Waals surface area contributed by atoms with Crippen molar-refractivity contribution in [2.45, 2.75) is 70.5 Å². The molecule has 2 heterocycles. The maximum Gasteiger partial charge on any atom is 0.211 e. The molecule has 1 saturated heterocycles. The number of hydrogen-bond acceptors (Lipinski definition) is 4. The van der Waals surface area contributed by atoms with E-state index < -0.39 is 0 Å². The normalized spacial score (nSPS) is 28.6. The van der Waals surface area contributed by atoms with Crippen LogP contribution in [-0.2, 0) is 0 Å². The second-order valence-corrected chi connectivity index (χ2v) is 6.73. The number of rotatable bonds is 2. The molecule has 2 unspecified atom stereocenters. The van der Waals surface area contributed by atoms with Crippen molar-refractivity contribution >= 4 is 0 Å². The van der Waals surface area contributed by atoms with Gasteiger partial charge in [0.1, 0.15) is 5.76 Å². The predicted molar refractivity (Wildman–Crippen MR) is 79.6 cm³/mol. The summed E-state index contributed by atoms with van der Waals surface area (Å²) in [6.07, 6.45) is 8.58. The van der Waals surface area contributed by atoms with Crippen LogP contribution >= 0.6 is 0 Å². The lowest BCUT2D eigenvalue weighted by Crippen LogP contribution is -2.64. The Balaban J connectivity index is 1.76. The van der Waals surface area contributed by atoms with Gasteiger partial charge in [0.2, 0.25) is 5.89 Å². The molecule has 0 bridgehead atoms. The van der Waals surface area contributed by atoms with Gasteiger partial charge in [-0.2, -0.15) is 0 Å². The summed E-state index contributed by atoms with van der Waals surface area (Å²) >= 11 is 0. The minimum absolute atomic E-state index is 0.264. The topological polar surface area (TPSA) is 41.3 Å². The first-order valence-electron chi connectivity index (χ1n) is 8.03. The van der Waals surface area contributed by atoms with Crippen LogP contribution in [-0.4, -0.2) is 34.6 Å². The highest BCUT2D eigenvalue weighted by molar-refractivity contribution is 5.03. The van der Waals surface area contributed by atoms with E-state index in [1.54, 1.807) is 0 Å². The summed E-state index contributed by atoms with van der Waals surface area (Å²) in [5.74, 6) is 1.77. The number of piperazine rings is 1. The molecule has 1 aliphatic heterocycles. The summed E-state index contributed by atoms with van der Waals surface area (Å²) in [5.41, 5.74) is 0.334. The second-order valence-electron chi connectivity index (χ2n) is 6.73. The highest BCUT2D eigenvalue weighted by atomic mass is 16.4. The molecule has 2 atom stereocenters. The molecule has 1 saturated carbocycles. The SMILES string of the molecule is Cc1cnc(C(C)N2CC3(CCCCC3)NCC2C)o1. The van der Waals surface area contributed by atoms with Crippen molar-refractivity contribution in [2.75, 3.05) is 13.1 Å². The molecular formula is C16H27N3O. The van der Waals surface area contributed by atoms with Gasteiger partial charge in [-0.25, -0.2) is 4.98 Å². The number of nitrogens with zero attached hydrogens (tertiary/aromatic N) is 2. The molecule has 1 spiro atoms. The maximum absolute atomic E-state index is 5.75. The van der Waals surface area contributed by atoms with Gasteiger partial charge in [-0.3, -0.25) is 4.90 Å². The van der Waals surface area contributed by atoms with E-state index in [1.807, 2.05) is 13.1 Å². The van der Waals surface area contributed by atoms with Crippen molar-refractivity contribution in [3.8, 4) is 0 Å². The first-order valence-corrected chi connectivity index (χ1v) is 8.03. The molecule has 1 aromatic heterocycles. The van der Waals surface area contributed by atoms with Crippen LogP contribution in [0.25, 0.3) is 0 Å². The third-order valence-electron chi connectivity index (χ3n) is 5.13. The molecule has 4 nitrogen and oxygen atoms in total. The fourth-order valence-electron chi connectivity index (χ4n) is 3.83. The number of aromatic nitrogens is 1. The Bertz CT molecular complexity index is 450. The fourth-order valence-corrected chi connectivity index (χ4v) is 3.83. The Labute approximate surface area is 121 Å². The quantitative estimate of drug-likeness (QED) is 0.902. The van der Waals surface area contributed by atoms with E-state index in [-0.39, 0.29) is 6.04 Å². The van der Waals surface area contributed by atoms with Crippen molar-refractivity contribution in [2.24, 2.45) is 0 Å². The Hall–Kier alpha value is -0.870. The first-order chi connectivity index (χ1) is 9.60. The van der Waals surface area contributed by atoms with Crippen LogP contribution < -0.4 is 5.32 Å². The van der Waals surface area contributed by atoms with Crippen LogP contribution in [0.2, 0.25) is 0 Å². The largest absolute Gasteiger partial charge is 0.444 e. The molecule has 1 aromatic rings. The van der Waals surface area contributed by atoms with Gasteiger partial charge < -0.3 is 9.73 Å². The van der Waals surface area contributed by atoms with E-state index in [9.17, 15) is 0 Å². The van der Waals surface area contributed by atoms with Crippen molar-refractivity contribution in [3.05, 3.63) is 17.8 Å². The molecule has 0 amide bonds. The minimum Gasteiger partial charge on any atom is -0.444 e. The lowest BCUT2D eigenvalue weighted by Gasteiger charge is -2.50. The number of hydrogen-bond donors (Lipinski definition) is 1. The van der Waals surface area contributed by atoms with E-state index in [4.69, 9.17) is 4.42 Å². The monoisotopic (exact) mass is 277 g/mol. The second kappa shape index (κ2) is 5.49. The van der Waals surface area contributed by atoms with Crippen molar-refractivity contribution in [3.63, 3.8) is 0 Å². The molecule has 0 radical (unpaired) electrons. The number of oxazole rings is 1. The molecule has 20 heavy (non-hydrogen) atoms. The molecule has 2 fully saturated rings. The predicted octanol–water partition coefficient (Wildman–Crippen LogP) is 3.04. The van der Waals surface area contributed by atoms with E-state index in [0.29, 0.717) is 11.6 Å². The van der Waals surface area contributed by atoms with Crippen LogP contribution in [0.15, 0.2) is 10.6 Å². The summed E-state index contributed by atoms with van der Waals surface area (Å²) < 4.78 is 5.75. The van der Waals surface area contributed by atoms with Gasteiger partial charge in [0, 0.05) is 24.7 Å². The van der Waals surface area contributed by atoms with Gasteiger partial charge >= 0.3 is 0 Å². The maximum atomic E-state index is 5.75. The lowest BCUT2D eigenvalue weighted by molar-refractivity contribution is 0.0274. The van der Waals surface area contributed by atoms with Gasteiger partial charge in [0.25, 0.3) is 0 Å². The van der Waals surface area contributed by atoms with Crippen molar-refractivity contribution in [1.82, 2.24) is 15.2 Å². The van der Waals surface area contributed by atoms with Crippen LogP contribution in [0.1, 0.15) is 63.6 Å². The Morgan fingerprint density at radius 2 is 2.15 bits per heavy atom. The number of aryl methyl sites for hydroxylation is 1. The smallest absolute Gasteiger partial charge is 0.211 e. The van der Waals surface area contributed by atoms with Gasteiger partial charge in [-0.05, 0) is 33.6 Å². The lowest BCUT2D eigenvalue weighted by atomic mass is 9.79. The average Bonchev–Trinajstić information content (AvgIpc) is 2.89. The Morgan fingerprint density at radius 1 is 1.40 bits per heavy atom. The first kappa shape index (κ1) is 14.1. The molecule has 1 aliphatic carbocycles. The van der Waals surface area contributed by atoms with Crippen molar-refractivity contribution < 1.29 is 4.42 Å². The highest BCUT2D eigenvalue weighted by Gasteiger charge is 2.41. The standard InChI is InChI=1S/C16H27N3O/c1-12-9-18-16(7-5-4-6-8-16)11-19(12)14(3)15-17-10-13(2)20-15/h10,12,14,18H,4-9,11H2,1-3H3. The zero-order chi connectivity index (χ0) is 14.2. The Kier molecular flexibility index (Phi) is 3.87. The molecule has 2 aliphatic rings. The van der Waals surface area contributed by atoms with Gasteiger partial charge in [0.05, 0.1) is 12.2 Å². The minimum atomic E-state index is 0.264. The molecular weight excluding hydrogens is 250 g/mol. The Morgan fingerprint density at radius 3 is 2.80 bits per heavy atom. The van der Waals surface area contributed by atoms with Crippen LogP contribution in [0, 0.1) is 6.92 Å². The highest BCUT2D eigenvalue weighted by Crippen LogP contribution is 2.35. The summed E-state index contributed by atoms with van der Waals surface area (Å²) in [5, 5.41) is 3.83. The van der Waals surface area contributed by atoms with Crippen LogP contribution in [0.5, 0.6) is 0 Å². The van der Waals surface area contributed by atoms with E-state index >= 15 is 0 Å². The van der Waals surface area contributed by atoms with Gasteiger partial charge in [0.15, 0.2) is 0 Å². The van der Waals surface area contributed by atoms with Gasteiger partial charge in [-0.15, -0.1) is 0 Å². The third kappa shape index (κ3) is 2.63. The average molecular weight is 277 g/mol. The summed E-state index contributed by atoms with van der Waals surface area (Å²) in [7, 11) is 0. The molecule has 0 aromatic carbocycles. The van der Waals surface area contributed by atoms with Crippen molar-refractivity contribution in [1.29, 1.82) is 0 Å². The van der Waals surface area contributed by atoms with E-state index in [1.165, 1.54) is 32.1 Å². The van der Waals surface area contributed by atoms with E-state index in [0.717, 1.165) is 24.7 Å². The van der Waals surface area contributed by atoms with Gasteiger partial charge in [-0.1, -0.05) is 19.3 Å². The number of nitrogens with one attached hydrogen (secondary N) is 1. The molecule has 1 N–H and O–H groups in total. The van der Waals surface area contributed by atoms with E-state index in [2.05, 4.69) is 29.0 Å². The summed E-state index contributed by atoms with van der Waals surface area (Å²) in [6.45, 7) is 8.69. The molecule has 112 valence electrons. The van der Waals surface area contributed by atoms with Crippen LogP contribution in [0.4, 0.5) is 0 Å². The molecule has 4 heteroatoms. The summed E-state index contributed by atoms with van der Waals surface area (Å²) in [4.78, 5) is 7.01. The molecule has 3 rings (SSSR count). The zero-order valence-electron chi connectivity index (χ0n) is 13.0. The summed E-state index contributed by atoms with van der Waals surface area (Å²) in [6, 6.07) is 0.796. The zero-order valence-corrected chi connectivity index (χ0v) is 13.0.